The van der Waals surface area contributed by atoms with Crippen LogP contribution in [0.1, 0.15) is 11.6 Å². The number of halogens is 1. The summed E-state index contributed by atoms with van der Waals surface area (Å²) in [6.45, 7) is 2.61. The number of morpholine rings is 1. The number of hydrogen-bond donors (Lipinski definition) is 1. The van der Waals surface area contributed by atoms with Gasteiger partial charge in [-0.25, -0.2) is 0 Å². The molecule has 2 rings (SSSR count). The summed E-state index contributed by atoms with van der Waals surface area (Å²) in [5, 5.41) is 0.734. The van der Waals surface area contributed by atoms with E-state index >= 15 is 0 Å². The standard InChI is InChI=1S/C12H17ClN2O/c1-15-6-7-16-11(8-15)12(14)9-2-4-10(13)5-3-9/h2-5,11-12H,6-8,14H2,1H3/t11-,12+/m1/s1. The molecular formula is C12H17ClN2O. The predicted molar refractivity (Wildman–Crippen MR) is 65.6 cm³/mol. The Morgan fingerprint density at radius 3 is 2.75 bits per heavy atom. The van der Waals surface area contributed by atoms with Gasteiger partial charge in [0.2, 0.25) is 0 Å². The van der Waals surface area contributed by atoms with Crippen molar-refractivity contribution < 1.29 is 4.74 Å². The Bertz CT molecular complexity index is 341. The van der Waals surface area contributed by atoms with Crippen LogP contribution in [0.3, 0.4) is 0 Å². The number of hydrogen-bond acceptors (Lipinski definition) is 3. The van der Waals surface area contributed by atoms with E-state index in [1.807, 2.05) is 24.3 Å². The molecular weight excluding hydrogens is 224 g/mol. The van der Waals surface area contributed by atoms with Crippen LogP contribution in [0.25, 0.3) is 0 Å². The Hall–Kier alpha value is -0.610. The van der Waals surface area contributed by atoms with Crippen LogP contribution < -0.4 is 5.73 Å². The van der Waals surface area contributed by atoms with Crippen LogP contribution in [0.15, 0.2) is 24.3 Å². The van der Waals surface area contributed by atoms with Gasteiger partial charge in [-0.1, -0.05) is 23.7 Å². The summed E-state index contributed by atoms with van der Waals surface area (Å²) in [4.78, 5) is 2.24. The molecule has 0 radical (unpaired) electrons. The Morgan fingerprint density at radius 1 is 1.44 bits per heavy atom. The van der Waals surface area contributed by atoms with Gasteiger partial charge in [-0.15, -0.1) is 0 Å². The Balaban J connectivity index is 2.06. The summed E-state index contributed by atoms with van der Waals surface area (Å²) >= 11 is 5.85. The third-order valence-corrected chi connectivity index (χ3v) is 3.20. The number of nitrogens with two attached hydrogens (primary N) is 1. The molecule has 1 aliphatic rings. The van der Waals surface area contributed by atoms with Gasteiger partial charge in [0, 0.05) is 18.1 Å². The van der Waals surface area contributed by atoms with Gasteiger partial charge >= 0.3 is 0 Å². The zero-order chi connectivity index (χ0) is 11.5. The highest BCUT2D eigenvalue weighted by molar-refractivity contribution is 6.30. The maximum atomic E-state index is 6.19. The lowest BCUT2D eigenvalue weighted by atomic mass is 10.0. The number of likely N-dealkylation sites (N-methyl/N-ethyl adjacent to an activating group) is 1. The van der Waals surface area contributed by atoms with Crippen molar-refractivity contribution in [1.82, 2.24) is 4.90 Å². The number of nitrogens with zero attached hydrogens (tertiary/aromatic N) is 1. The van der Waals surface area contributed by atoms with Gasteiger partial charge in [0.25, 0.3) is 0 Å². The monoisotopic (exact) mass is 240 g/mol. The molecule has 1 aromatic rings. The van der Waals surface area contributed by atoms with Crippen molar-refractivity contribution in [3.05, 3.63) is 34.9 Å². The molecule has 0 unspecified atom stereocenters. The molecule has 1 heterocycles. The Morgan fingerprint density at radius 2 is 2.12 bits per heavy atom. The van der Waals surface area contributed by atoms with Gasteiger partial charge < -0.3 is 15.4 Å². The van der Waals surface area contributed by atoms with E-state index in [1.165, 1.54) is 0 Å². The predicted octanol–water partition coefficient (Wildman–Crippen LogP) is 1.67. The highest BCUT2D eigenvalue weighted by Gasteiger charge is 2.24. The molecule has 0 bridgehead atoms. The van der Waals surface area contributed by atoms with E-state index in [0.29, 0.717) is 0 Å². The number of ether oxygens (including phenoxy) is 1. The molecule has 2 N–H and O–H groups in total. The molecule has 88 valence electrons. The quantitative estimate of drug-likeness (QED) is 0.855. The summed E-state index contributed by atoms with van der Waals surface area (Å²) in [6.07, 6.45) is 0.0694. The van der Waals surface area contributed by atoms with Gasteiger partial charge in [-0.3, -0.25) is 0 Å². The smallest absolute Gasteiger partial charge is 0.0894 e. The van der Waals surface area contributed by atoms with Gasteiger partial charge in [0.05, 0.1) is 18.8 Å². The van der Waals surface area contributed by atoms with Crippen LogP contribution >= 0.6 is 11.6 Å². The fourth-order valence-corrected chi connectivity index (χ4v) is 2.05. The van der Waals surface area contributed by atoms with Gasteiger partial charge in [-0.2, -0.15) is 0 Å². The van der Waals surface area contributed by atoms with Crippen molar-refractivity contribution in [2.75, 3.05) is 26.7 Å². The van der Waals surface area contributed by atoms with Crippen LogP contribution in [0.5, 0.6) is 0 Å². The fraction of sp³-hybridized carbons (Fsp3) is 0.500. The first kappa shape index (κ1) is 11.9. The first-order valence-corrected chi connectivity index (χ1v) is 5.86. The maximum absolute atomic E-state index is 6.19. The molecule has 1 saturated heterocycles. The lowest BCUT2D eigenvalue weighted by molar-refractivity contribution is -0.0326. The largest absolute Gasteiger partial charge is 0.374 e. The lowest BCUT2D eigenvalue weighted by Crippen LogP contribution is -2.45. The SMILES string of the molecule is CN1CCO[C@@H]([C@@H](N)c2ccc(Cl)cc2)C1. The van der Waals surface area contributed by atoms with Crippen molar-refractivity contribution in [2.45, 2.75) is 12.1 Å². The van der Waals surface area contributed by atoms with Crippen LogP contribution in [0.4, 0.5) is 0 Å². The molecule has 2 atom stereocenters. The molecule has 3 nitrogen and oxygen atoms in total. The average Bonchev–Trinajstić information content (AvgIpc) is 2.29. The third kappa shape index (κ3) is 2.74. The molecule has 1 fully saturated rings. The molecule has 0 aliphatic carbocycles. The molecule has 0 amide bonds. The van der Waals surface area contributed by atoms with Crippen LogP contribution in [0, 0.1) is 0 Å². The van der Waals surface area contributed by atoms with Crippen molar-refractivity contribution in [2.24, 2.45) is 5.73 Å². The zero-order valence-corrected chi connectivity index (χ0v) is 10.2. The van der Waals surface area contributed by atoms with E-state index in [0.717, 1.165) is 30.3 Å². The van der Waals surface area contributed by atoms with Crippen LogP contribution in [-0.4, -0.2) is 37.7 Å². The summed E-state index contributed by atoms with van der Waals surface area (Å²) in [5.41, 5.74) is 7.26. The molecule has 0 saturated carbocycles. The first-order valence-electron chi connectivity index (χ1n) is 5.48. The summed E-state index contributed by atoms with van der Waals surface area (Å²) < 4.78 is 5.70. The van der Waals surface area contributed by atoms with Crippen molar-refractivity contribution in [1.29, 1.82) is 0 Å². The second kappa shape index (κ2) is 5.15. The minimum atomic E-state index is -0.0833. The minimum absolute atomic E-state index is 0.0694. The maximum Gasteiger partial charge on any atom is 0.0894 e. The lowest BCUT2D eigenvalue weighted by Gasteiger charge is -2.33. The summed E-state index contributed by atoms with van der Waals surface area (Å²) in [7, 11) is 2.09. The summed E-state index contributed by atoms with van der Waals surface area (Å²) in [5.74, 6) is 0. The Labute approximate surface area is 101 Å². The normalized spacial score (nSPS) is 24.3. The molecule has 1 aromatic carbocycles. The highest BCUT2D eigenvalue weighted by atomic mass is 35.5. The van der Waals surface area contributed by atoms with E-state index in [1.54, 1.807) is 0 Å². The van der Waals surface area contributed by atoms with E-state index in [4.69, 9.17) is 22.1 Å². The zero-order valence-electron chi connectivity index (χ0n) is 9.40. The number of rotatable bonds is 2. The molecule has 16 heavy (non-hydrogen) atoms. The first-order chi connectivity index (χ1) is 7.66. The van der Waals surface area contributed by atoms with Crippen LogP contribution in [-0.2, 0) is 4.74 Å². The van der Waals surface area contributed by atoms with Crippen molar-refractivity contribution in [3.8, 4) is 0 Å². The highest BCUT2D eigenvalue weighted by Crippen LogP contribution is 2.21. The Kier molecular flexibility index (Phi) is 3.82. The molecule has 0 spiro atoms. The summed E-state index contributed by atoms with van der Waals surface area (Å²) in [6, 6.07) is 7.57. The van der Waals surface area contributed by atoms with Crippen molar-refractivity contribution in [3.63, 3.8) is 0 Å². The molecule has 0 aromatic heterocycles. The molecule has 4 heteroatoms. The minimum Gasteiger partial charge on any atom is -0.374 e. The van der Waals surface area contributed by atoms with E-state index in [2.05, 4.69) is 11.9 Å². The van der Waals surface area contributed by atoms with Gasteiger partial charge in [0.1, 0.15) is 0 Å². The second-order valence-corrected chi connectivity index (χ2v) is 4.69. The fourth-order valence-electron chi connectivity index (χ4n) is 1.93. The van der Waals surface area contributed by atoms with E-state index < -0.39 is 0 Å². The van der Waals surface area contributed by atoms with Crippen molar-refractivity contribution >= 4 is 11.6 Å². The third-order valence-electron chi connectivity index (χ3n) is 2.95. The van der Waals surface area contributed by atoms with E-state index in [9.17, 15) is 0 Å². The molecule has 1 aliphatic heterocycles. The second-order valence-electron chi connectivity index (χ2n) is 4.25. The number of benzene rings is 1. The van der Waals surface area contributed by atoms with E-state index in [-0.39, 0.29) is 12.1 Å². The van der Waals surface area contributed by atoms with Gasteiger partial charge in [-0.05, 0) is 24.7 Å². The van der Waals surface area contributed by atoms with Gasteiger partial charge in [0.15, 0.2) is 0 Å². The topological polar surface area (TPSA) is 38.5 Å². The van der Waals surface area contributed by atoms with Crippen LogP contribution in [0.2, 0.25) is 5.02 Å². The average molecular weight is 241 g/mol.